The van der Waals surface area contributed by atoms with Gasteiger partial charge in [-0.1, -0.05) is 18.0 Å². The quantitative estimate of drug-likeness (QED) is 0.814. The Bertz CT molecular complexity index is 393. The summed E-state index contributed by atoms with van der Waals surface area (Å²) in [5, 5.41) is 9.11. The molecule has 2 unspecified atom stereocenters. The molecule has 0 radical (unpaired) electrons. The molecule has 3 N–H and O–H groups in total. The molecule has 0 bridgehead atoms. The first-order valence-corrected chi connectivity index (χ1v) is 8.20. The topological polar surface area (TPSA) is 49.5 Å². The van der Waals surface area contributed by atoms with Gasteiger partial charge in [0, 0.05) is 30.1 Å². The number of thiophene rings is 1. The van der Waals surface area contributed by atoms with Gasteiger partial charge < -0.3 is 10.8 Å². The first kappa shape index (κ1) is 15.3. The molecular weight excluding hydrogens is 280 g/mol. The smallest absolute Gasteiger partial charge is 0.0931 e. The SMILES string of the molecule is CC(N)C(c1ccc(Cl)s1)N(CCCO)C1CCC1. The Morgan fingerprint density at radius 3 is 2.68 bits per heavy atom. The molecule has 1 aromatic rings. The summed E-state index contributed by atoms with van der Waals surface area (Å²) >= 11 is 7.68. The fourth-order valence-corrected chi connectivity index (χ4v) is 4.03. The second-order valence-corrected chi connectivity index (χ2v) is 7.09. The van der Waals surface area contributed by atoms with Crippen molar-refractivity contribution in [3.05, 3.63) is 21.3 Å². The van der Waals surface area contributed by atoms with Gasteiger partial charge in [-0.25, -0.2) is 0 Å². The van der Waals surface area contributed by atoms with Crippen molar-refractivity contribution in [2.75, 3.05) is 13.2 Å². The highest BCUT2D eigenvalue weighted by Crippen LogP contribution is 2.37. The van der Waals surface area contributed by atoms with Crippen molar-refractivity contribution in [2.45, 2.75) is 50.7 Å². The van der Waals surface area contributed by atoms with Gasteiger partial charge in [-0.3, -0.25) is 4.90 Å². The Labute approximate surface area is 124 Å². The monoisotopic (exact) mass is 302 g/mol. The summed E-state index contributed by atoms with van der Waals surface area (Å²) in [5.41, 5.74) is 6.23. The molecule has 1 saturated carbocycles. The van der Waals surface area contributed by atoms with Crippen molar-refractivity contribution in [1.29, 1.82) is 0 Å². The number of halogens is 1. The molecule has 0 spiro atoms. The average molecular weight is 303 g/mol. The van der Waals surface area contributed by atoms with E-state index in [4.69, 9.17) is 22.4 Å². The first-order chi connectivity index (χ1) is 9.13. The molecule has 0 amide bonds. The Balaban J connectivity index is 2.17. The summed E-state index contributed by atoms with van der Waals surface area (Å²) in [4.78, 5) is 3.72. The van der Waals surface area contributed by atoms with Crippen LogP contribution >= 0.6 is 22.9 Å². The molecule has 1 fully saturated rings. The second-order valence-electron chi connectivity index (χ2n) is 5.35. The van der Waals surface area contributed by atoms with E-state index >= 15 is 0 Å². The van der Waals surface area contributed by atoms with Crippen LogP contribution in [-0.4, -0.2) is 35.2 Å². The minimum Gasteiger partial charge on any atom is -0.396 e. The van der Waals surface area contributed by atoms with Crippen LogP contribution in [0.2, 0.25) is 4.34 Å². The van der Waals surface area contributed by atoms with E-state index in [1.165, 1.54) is 24.1 Å². The van der Waals surface area contributed by atoms with Crippen LogP contribution in [0.3, 0.4) is 0 Å². The van der Waals surface area contributed by atoms with E-state index in [9.17, 15) is 0 Å². The zero-order valence-electron chi connectivity index (χ0n) is 11.4. The van der Waals surface area contributed by atoms with Gasteiger partial charge in [0.15, 0.2) is 0 Å². The predicted octanol–water partition coefficient (Wildman–Crippen LogP) is 3.03. The van der Waals surface area contributed by atoms with Crippen LogP contribution in [0.25, 0.3) is 0 Å². The molecule has 1 heterocycles. The van der Waals surface area contributed by atoms with Gasteiger partial charge in [-0.2, -0.15) is 0 Å². The fraction of sp³-hybridized carbons (Fsp3) is 0.714. The predicted molar refractivity (Wildman–Crippen MR) is 81.8 cm³/mol. The largest absolute Gasteiger partial charge is 0.396 e. The van der Waals surface area contributed by atoms with E-state index in [1.807, 2.05) is 6.07 Å². The standard InChI is InChI=1S/C14H23ClN2OS/c1-10(16)14(12-6-7-13(15)19-12)17(8-3-9-18)11-4-2-5-11/h6-7,10-11,14,18H,2-5,8-9,16H2,1H3. The molecule has 1 aromatic heterocycles. The third-order valence-electron chi connectivity index (χ3n) is 3.86. The molecule has 2 atom stereocenters. The summed E-state index contributed by atoms with van der Waals surface area (Å²) in [6.07, 6.45) is 4.59. The summed E-state index contributed by atoms with van der Waals surface area (Å²) in [6, 6.07) is 4.93. The number of hydrogen-bond donors (Lipinski definition) is 2. The molecule has 19 heavy (non-hydrogen) atoms. The van der Waals surface area contributed by atoms with Gasteiger partial charge in [0.25, 0.3) is 0 Å². The lowest BCUT2D eigenvalue weighted by Gasteiger charge is -2.43. The van der Waals surface area contributed by atoms with E-state index in [2.05, 4.69) is 17.9 Å². The number of rotatable bonds is 7. The van der Waals surface area contributed by atoms with E-state index in [0.717, 1.165) is 17.3 Å². The minimum absolute atomic E-state index is 0.0639. The molecule has 3 nitrogen and oxygen atoms in total. The maximum Gasteiger partial charge on any atom is 0.0931 e. The van der Waals surface area contributed by atoms with Crippen molar-refractivity contribution < 1.29 is 5.11 Å². The molecule has 0 aromatic carbocycles. The lowest BCUT2D eigenvalue weighted by Crippen LogP contribution is -2.48. The Kier molecular flexibility index (Phi) is 5.66. The molecule has 0 aliphatic heterocycles. The number of nitrogens with zero attached hydrogens (tertiary/aromatic N) is 1. The number of nitrogens with two attached hydrogens (primary N) is 1. The minimum atomic E-state index is 0.0639. The van der Waals surface area contributed by atoms with E-state index < -0.39 is 0 Å². The van der Waals surface area contributed by atoms with Crippen LogP contribution in [-0.2, 0) is 0 Å². The summed E-state index contributed by atoms with van der Waals surface area (Å²) < 4.78 is 0.816. The number of hydrogen-bond acceptors (Lipinski definition) is 4. The van der Waals surface area contributed by atoms with E-state index in [0.29, 0.717) is 6.04 Å². The summed E-state index contributed by atoms with van der Waals surface area (Å²) in [7, 11) is 0. The van der Waals surface area contributed by atoms with Crippen molar-refractivity contribution in [3.63, 3.8) is 0 Å². The summed E-state index contributed by atoms with van der Waals surface area (Å²) in [6.45, 7) is 3.20. The van der Waals surface area contributed by atoms with Crippen LogP contribution in [0.4, 0.5) is 0 Å². The van der Waals surface area contributed by atoms with Crippen LogP contribution in [0.15, 0.2) is 12.1 Å². The van der Waals surface area contributed by atoms with Gasteiger partial charge in [0.05, 0.1) is 10.4 Å². The second kappa shape index (κ2) is 7.04. The van der Waals surface area contributed by atoms with Crippen molar-refractivity contribution in [1.82, 2.24) is 4.90 Å². The summed E-state index contributed by atoms with van der Waals surface area (Å²) in [5.74, 6) is 0. The highest BCUT2D eigenvalue weighted by atomic mass is 35.5. The van der Waals surface area contributed by atoms with Gasteiger partial charge in [0.1, 0.15) is 0 Å². The zero-order chi connectivity index (χ0) is 13.8. The molecule has 2 rings (SSSR count). The zero-order valence-corrected chi connectivity index (χ0v) is 13.0. The fourth-order valence-electron chi connectivity index (χ4n) is 2.73. The normalized spacial score (nSPS) is 19.4. The number of aliphatic hydroxyl groups excluding tert-OH is 1. The van der Waals surface area contributed by atoms with Crippen LogP contribution in [0.5, 0.6) is 0 Å². The van der Waals surface area contributed by atoms with Crippen LogP contribution in [0.1, 0.15) is 43.5 Å². The third kappa shape index (κ3) is 3.70. The van der Waals surface area contributed by atoms with Crippen molar-refractivity contribution in [2.24, 2.45) is 5.73 Å². The van der Waals surface area contributed by atoms with Gasteiger partial charge in [-0.05, 0) is 38.3 Å². The van der Waals surface area contributed by atoms with Crippen LogP contribution in [0, 0.1) is 0 Å². The highest BCUT2D eigenvalue weighted by Gasteiger charge is 2.33. The molecule has 0 saturated heterocycles. The lowest BCUT2D eigenvalue weighted by atomic mass is 9.89. The lowest BCUT2D eigenvalue weighted by molar-refractivity contribution is 0.0629. The molecular formula is C14H23ClN2OS. The molecule has 5 heteroatoms. The van der Waals surface area contributed by atoms with Gasteiger partial charge in [0.2, 0.25) is 0 Å². The highest BCUT2D eigenvalue weighted by molar-refractivity contribution is 7.16. The number of aliphatic hydroxyl groups is 1. The average Bonchev–Trinajstić information content (AvgIpc) is 2.69. The van der Waals surface area contributed by atoms with Crippen LogP contribution < -0.4 is 5.73 Å². The Morgan fingerprint density at radius 1 is 1.53 bits per heavy atom. The molecule has 1 aliphatic carbocycles. The van der Waals surface area contributed by atoms with Gasteiger partial charge in [-0.15, -0.1) is 11.3 Å². The maximum atomic E-state index is 9.11. The molecule has 108 valence electrons. The maximum absolute atomic E-state index is 9.11. The Hall–Kier alpha value is -0.130. The molecule has 1 aliphatic rings. The first-order valence-electron chi connectivity index (χ1n) is 7.01. The third-order valence-corrected chi connectivity index (χ3v) is 5.16. The van der Waals surface area contributed by atoms with E-state index in [-0.39, 0.29) is 18.7 Å². The van der Waals surface area contributed by atoms with E-state index in [1.54, 1.807) is 11.3 Å². The Morgan fingerprint density at radius 2 is 2.26 bits per heavy atom. The van der Waals surface area contributed by atoms with Crippen molar-refractivity contribution >= 4 is 22.9 Å². The van der Waals surface area contributed by atoms with Crippen molar-refractivity contribution in [3.8, 4) is 0 Å². The van der Waals surface area contributed by atoms with Gasteiger partial charge >= 0.3 is 0 Å².